The highest BCUT2D eigenvalue weighted by molar-refractivity contribution is 5.42. The van der Waals surface area contributed by atoms with Crippen molar-refractivity contribution in [1.82, 2.24) is 15.2 Å². The minimum absolute atomic E-state index is 0.0206. The third-order valence-electron chi connectivity index (χ3n) is 4.54. The molecule has 0 unspecified atom stereocenters. The molecule has 2 aromatic rings. The molecule has 7 heteroatoms. The van der Waals surface area contributed by atoms with Gasteiger partial charge in [0.2, 0.25) is 0 Å². The minimum Gasteiger partial charge on any atom is -0.468 e. The third-order valence-corrected chi connectivity index (χ3v) is 4.54. The normalized spacial score (nSPS) is 26.2. The molecule has 0 bridgehead atoms. The lowest BCUT2D eigenvalue weighted by atomic mass is 10.0. The maximum atomic E-state index is 13.9. The lowest BCUT2D eigenvalue weighted by molar-refractivity contribution is -0.0381. The molecular formula is C17H19FN4O2. The van der Waals surface area contributed by atoms with Crippen LogP contribution in [-0.4, -0.2) is 46.6 Å². The fourth-order valence-electron chi connectivity index (χ4n) is 3.42. The van der Waals surface area contributed by atoms with Crippen LogP contribution >= 0.6 is 0 Å². The number of aromatic nitrogens is 3. The number of aryl methyl sites for hydroxylation is 1. The van der Waals surface area contributed by atoms with E-state index in [1.165, 1.54) is 12.3 Å². The van der Waals surface area contributed by atoms with Crippen LogP contribution < -0.4 is 9.64 Å². The molecule has 4 heterocycles. The van der Waals surface area contributed by atoms with Gasteiger partial charge in [0.25, 0.3) is 5.88 Å². The van der Waals surface area contributed by atoms with Crippen LogP contribution in [0.4, 0.5) is 10.2 Å². The van der Waals surface area contributed by atoms with Gasteiger partial charge in [0.05, 0.1) is 18.3 Å². The maximum absolute atomic E-state index is 13.9. The van der Waals surface area contributed by atoms with Gasteiger partial charge in [-0.05, 0) is 44.0 Å². The van der Waals surface area contributed by atoms with Crippen molar-refractivity contribution in [2.24, 2.45) is 0 Å². The second kappa shape index (κ2) is 6.32. The monoisotopic (exact) mass is 330 g/mol. The summed E-state index contributed by atoms with van der Waals surface area (Å²) in [7, 11) is 0. The van der Waals surface area contributed by atoms with E-state index in [1.54, 1.807) is 6.07 Å². The Morgan fingerprint density at radius 2 is 2.21 bits per heavy atom. The Morgan fingerprint density at radius 1 is 1.29 bits per heavy atom. The number of halogens is 1. The molecule has 0 saturated carbocycles. The summed E-state index contributed by atoms with van der Waals surface area (Å²) in [5.74, 6) is 0.361. The third kappa shape index (κ3) is 2.80. The number of nitrogens with zero attached hydrogens (tertiary/aromatic N) is 4. The van der Waals surface area contributed by atoms with Gasteiger partial charge >= 0.3 is 0 Å². The predicted molar refractivity (Wildman–Crippen MR) is 85.5 cm³/mol. The summed E-state index contributed by atoms with van der Waals surface area (Å²) in [4.78, 5) is 6.14. The summed E-state index contributed by atoms with van der Waals surface area (Å²) in [6.07, 6.45) is 3.09. The largest absolute Gasteiger partial charge is 0.468 e. The second-order valence-electron chi connectivity index (χ2n) is 6.18. The molecule has 0 spiro atoms. The SMILES string of the molecule is Cc1ccc(N2C[C@H](Oc3ncccc3F)[C@H]3OCCC[C@H]32)nn1. The van der Waals surface area contributed by atoms with Crippen LogP contribution in [0.25, 0.3) is 0 Å². The molecule has 0 N–H and O–H groups in total. The topological polar surface area (TPSA) is 60.4 Å². The molecule has 2 aromatic heterocycles. The molecule has 24 heavy (non-hydrogen) atoms. The van der Waals surface area contributed by atoms with Crippen molar-refractivity contribution in [1.29, 1.82) is 0 Å². The highest BCUT2D eigenvalue weighted by Crippen LogP contribution is 2.34. The van der Waals surface area contributed by atoms with Crippen LogP contribution in [0.5, 0.6) is 5.88 Å². The van der Waals surface area contributed by atoms with Gasteiger partial charge in [0.1, 0.15) is 12.2 Å². The van der Waals surface area contributed by atoms with Crippen molar-refractivity contribution < 1.29 is 13.9 Å². The molecular weight excluding hydrogens is 311 g/mol. The first-order valence-corrected chi connectivity index (χ1v) is 8.18. The number of ether oxygens (including phenoxy) is 2. The zero-order valence-electron chi connectivity index (χ0n) is 13.4. The van der Waals surface area contributed by atoms with Crippen LogP contribution in [0.3, 0.4) is 0 Å². The van der Waals surface area contributed by atoms with E-state index in [-0.39, 0.29) is 24.1 Å². The van der Waals surface area contributed by atoms with Crippen LogP contribution in [-0.2, 0) is 4.74 Å². The molecule has 0 amide bonds. The average Bonchev–Trinajstić information content (AvgIpc) is 2.97. The van der Waals surface area contributed by atoms with Gasteiger partial charge < -0.3 is 14.4 Å². The van der Waals surface area contributed by atoms with Crippen molar-refractivity contribution in [3.8, 4) is 5.88 Å². The zero-order valence-corrected chi connectivity index (χ0v) is 13.4. The molecule has 2 fully saturated rings. The summed E-state index contributed by atoms with van der Waals surface area (Å²) in [5.41, 5.74) is 0.873. The van der Waals surface area contributed by atoms with Gasteiger partial charge in [-0.15, -0.1) is 5.10 Å². The van der Waals surface area contributed by atoms with E-state index in [4.69, 9.17) is 9.47 Å². The van der Waals surface area contributed by atoms with Gasteiger partial charge in [0.15, 0.2) is 11.6 Å². The van der Waals surface area contributed by atoms with E-state index in [0.29, 0.717) is 13.2 Å². The Balaban J connectivity index is 1.59. The van der Waals surface area contributed by atoms with Gasteiger partial charge in [-0.1, -0.05) is 0 Å². The lowest BCUT2D eigenvalue weighted by Crippen LogP contribution is -2.43. The Labute approximate surface area is 139 Å². The van der Waals surface area contributed by atoms with Crippen molar-refractivity contribution >= 4 is 5.82 Å². The Morgan fingerprint density at radius 3 is 3.00 bits per heavy atom. The zero-order chi connectivity index (χ0) is 16.5. The van der Waals surface area contributed by atoms with Crippen LogP contribution in [0.2, 0.25) is 0 Å². The minimum atomic E-state index is -0.460. The van der Waals surface area contributed by atoms with E-state index in [1.807, 2.05) is 19.1 Å². The molecule has 0 aromatic carbocycles. The summed E-state index contributed by atoms with van der Waals surface area (Å²) in [6.45, 7) is 3.17. The molecule has 2 aliphatic rings. The molecule has 6 nitrogen and oxygen atoms in total. The number of hydrogen-bond donors (Lipinski definition) is 0. The Hall–Kier alpha value is -2.28. The molecule has 4 rings (SSSR count). The fraction of sp³-hybridized carbons (Fsp3) is 0.471. The first-order valence-electron chi connectivity index (χ1n) is 8.18. The smallest absolute Gasteiger partial charge is 0.250 e. The van der Waals surface area contributed by atoms with Crippen LogP contribution in [0.15, 0.2) is 30.5 Å². The number of anilines is 1. The van der Waals surface area contributed by atoms with Gasteiger partial charge in [-0.2, -0.15) is 5.10 Å². The van der Waals surface area contributed by atoms with E-state index in [9.17, 15) is 4.39 Å². The Bertz CT molecular complexity index is 712. The van der Waals surface area contributed by atoms with E-state index >= 15 is 0 Å². The van der Waals surface area contributed by atoms with Gasteiger partial charge in [0, 0.05) is 12.8 Å². The summed E-state index contributed by atoms with van der Waals surface area (Å²) < 4.78 is 25.7. The molecule has 3 atom stereocenters. The van der Waals surface area contributed by atoms with E-state index in [2.05, 4.69) is 20.1 Å². The molecule has 2 aliphatic heterocycles. The van der Waals surface area contributed by atoms with Crippen molar-refractivity contribution in [2.75, 3.05) is 18.1 Å². The summed E-state index contributed by atoms with van der Waals surface area (Å²) in [5, 5.41) is 8.42. The van der Waals surface area contributed by atoms with Gasteiger partial charge in [-0.3, -0.25) is 0 Å². The average molecular weight is 330 g/mol. The van der Waals surface area contributed by atoms with E-state index in [0.717, 1.165) is 24.4 Å². The van der Waals surface area contributed by atoms with Gasteiger partial charge in [-0.25, -0.2) is 9.37 Å². The highest BCUT2D eigenvalue weighted by Gasteiger charge is 2.46. The number of fused-ring (bicyclic) bond motifs is 1. The lowest BCUT2D eigenvalue weighted by Gasteiger charge is -2.32. The first-order chi connectivity index (χ1) is 11.7. The van der Waals surface area contributed by atoms with Crippen molar-refractivity contribution in [3.05, 3.63) is 42.0 Å². The van der Waals surface area contributed by atoms with Crippen LogP contribution in [0, 0.1) is 12.7 Å². The molecule has 0 radical (unpaired) electrons. The number of rotatable bonds is 3. The van der Waals surface area contributed by atoms with E-state index < -0.39 is 5.82 Å². The van der Waals surface area contributed by atoms with Crippen molar-refractivity contribution in [3.63, 3.8) is 0 Å². The highest BCUT2D eigenvalue weighted by atomic mass is 19.1. The molecule has 126 valence electrons. The van der Waals surface area contributed by atoms with Crippen LogP contribution in [0.1, 0.15) is 18.5 Å². The number of pyridine rings is 1. The summed E-state index contributed by atoms with van der Waals surface area (Å²) >= 11 is 0. The molecule has 2 saturated heterocycles. The quantitative estimate of drug-likeness (QED) is 0.859. The Kier molecular flexibility index (Phi) is 4.02. The predicted octanol–water partition coefficient (Wildman–Crippen LogP) is 2.13. The number of hydrogen-bond acceptors (Lipinski definition) is 6. The summed E-state index contributed by atoms with van der Waals surface area (Å²) in [6, 6.07) is 6.95. The standard InChI is InChI=1S/C17H19FN4O2/c1-11-6-7-15(21-20-11)22-10-14(16-13(22)5-3-9-23-16)24-17-12(18)4-2-8-19-17/h2,4,6-8,13-14,16H,3,5,9-10H2,1H3/t13-,14+,16+/m1/s1. The first kappa shape index (κ1) is 15.3. The maximum Gasteiger partial charge on any atom is 0.250 e. The second-order valence-corrected chi connectivity index (χ2v) is 6.18. The fourth-order valence-corrected chi connectivity index (χ4v) is 3.42. The van der Waals surface area contributed by atoms with Crippen molar-refractivity contribution in [2.45, 2.75) is 38.0 Å². The molecule has 0 aliphatic carbocycles.